The number of unbranched alkanes of at least 4 members (excludes halogenated alkanes) is 1. The fourth-order valence-electron chi connectivity index (χ4n) is 4.38. The molecule has 0 saturated carbocycles. The third kappa shape index (κ3) is 6.94. The molecule has 1 aromatic heterocycles. The van der Waals surface area contributed by atoms with Crippen molar-refractivity contribution >= 4 is 23.4 Å². The average molecular weight is 542 g/mol. The van der Waals surface area contributed by atoms with E-state index in [0.717, 1.165) is 5.56 Å². The smallest absolute Gasteiger partial charge is 0.463 e. The van der Waals surface area contributed by atoms with Gasteiger partial charge in [-0.2, -0.15) is 13.2 Å². The number of H-pyrrole nitrogens is 1. The van der Waals surface area contributed by atoms with Crippen molar-refractivity contribution in [3.05, 3.63) is 56.7 Å². The molecule has 1 aliphatic rings. The van der Waals surface area contributed by atoms with Crippen LogP contribution in [-0.4, -0.2) is 53.0 Å². The summed E-state index contributed by atoms with van der Waals surface area (Å²) < 4.78 is 44.4. The summed E-state index contributed by atoms with van der Waals surface area (Å²) in [5, 5.41) is 0. The minimum absolute atomic E-state index is 0.165. The molecule has 2 N–H and O–H groups in total. The molecule has 208 valence electrons. The lowest BCUT2D eigenvalue weighted by molar-refractivity contribution is -0.207. The van der Waals surface area contributed by atoms with Crippen molar-refractivity contribution in [1.29, 1.82) is 0 Å². The van der Waals surface area contributed by atoms with E-state index in [0.29, 0.717) is 25.8 Å². The molecule has 0 radical (unpaired) electrons. The predicted octanol–water partition coefficient (Wildman–Crippen LogP) is 1.96. The Balaban J connectivity index is 1.91. The normalized spacial score (nSPS) is 15.8. The average Bonchev–Trinajstić information content (AvgIpc) is 3.13. The molecule has 0 amide bonds. The fourth-order valence-corrected chi connectivity index (χ4v) is 4.38. The minimum atomic E-state index is -5.19. The van der Waals surface area contributed by atoms with E-state index in [9.17, 15) is 32.3 Å². The van der Waals surface area contributed by atoms with Gasteiger partial charge in [-0.1, -0.05) is 30.3 Å². The summed E-state index contributed by atoms with van der Waals surface area (Å²) in [5.41, 5.74) is 1.76. The van der Waals surface area contributed by atoms with Crippen molar-refractivity contribution < 1.29 is 32.3 Å². The number of carbonyl (C=O) groups excluding carboxylic acids is 2. The molecular weight excluding hydrogens is 511 g/mol. The Bertz CT molecular complexity index is 1250. The number of hydrogen-bond donors (Lipinski definition) is 2. The zero-order valence-corrected chi connectivity index (χ0v) is 21.2. The Labute approximate surface area is 216 Å². The molecule has 2 aromatic rings. The molecular formula is C24H30F3N5O6. The van der Waals surface area contributed by atoms with Crippen LogP contribution < -0.4 is 26.5 Å². The number of esters is 1. The van der Waals surface area contributed by atoms with Crippen molar-refractivity contribution in [1.82, 2.24) is 15.0 Å². The number of nitrogens with one attached hydrogen (secondary N) is 2. The number of nitrogens with zero attached hydrogens (tertiary/aromatic N) is 3. The van der Waals surface area contributed by atoms with Gasteiger partial charge >= 0.3 is 23.8 Å². The number of hydrogen-bond acceptors (Lipinski definition) is 9. The second-order valence-corrected chi connectivity index (χ2v) is 8.93. The molecule has 0 bridgehead atoms. The number of alkyl halides is 3. The number of ether oxygens (including phenoxy) is 1. The van der Waals surface area contributed by atoms with Crippen molar-refractivity contribution in [3.8, 4) is 0 Å². The zero-order chi connectivity index (χ0) is 28.0. The van der Waals surface area contributed by atoms with Gasteiger partial charge in [0.2, 0.25) is 0 Å². The molecule has 0 fully saturated rings. The number of carbonyl (C=O) groups is 2. The van der Waals surface area contributed by atoms with Crippen LogP contribution in [0.4, 0.5) is 24.7 Å². The second kappa shape index (κ2) is 12.2. The molecule has 0 aliphatic carbocycles. The van der Waals surface area contributed by atoms with Crippen molar-refractivity contribution in [2.24, 2.45) is 7.05 Å². The largest absolute Gasteiger partial charge is 0.492 e. The van der Waals surface area contributed by atoms with E-state index in [1.54, 1.807) is 28.9 Å². The summed E-state index contributed by atoms with van der Waals surface area (Å²) in [6.45, 7) is 3.27. The first-order valence-electron chi connectivity index (χ1n) is 12.0. The summed E-state index contributed by atoms with van der Waals surface area (Å²) in [6, 6.07) is 9.07. The molecule has 11 nitrogen and oxygen atoms in total. The third-order valence-corrected chi connectivity index (χ3v) is 6.03. The fraction of sp³-hybridized carbons (Fsp3) is 0.500. The van der Waals surface area contributed by atoms with Gasteiger partial charge in [0.1, 0.15) is 17.7 Å². The molecule has 0 spiro atoms. The summed E-state index contributed by atoms with van der Waals surface area (Å²) in [6.07, 6.45) is -4.54. The van der Waals surface area contributed by atoms with Gasteiger partial charge in [-0.25, -0.2) is 9.59 Å². The highest BCUT2D eigenvalue weighted by Crippen LogP contribution is 2.37. The van der Waals surface area contributed by atoms with Crippen LogP contribution in [0.3, 0.4) is 0 Å². The van der Waals surface area contributed by atoms with Crippen molar-refractivity contribution in [2.75, 3.05) is 22.9 Å². The lowest BCUT2D eigenvalue weighted by atomic mass is 10.1. The van der Waals surface area contributed by atoms with Crippen LogP contribution in [0.2, 0.25) is 0 Å². The van der Waals surface area contributed by atoms with E-state index in [4.69, 9.17) is 4.74 Å². The highest BCUT2D eigenvalue weighted by molar-refractivity contribution is 5.75. The van der Waals surface area contributed by atoms with Crippen molar-refractivity contribution in [2.45, 2.75) is 58.1 Å². The first-order valence-corrected chi connectivity index (χ1v) is 12.0. The van der Waals surface area contributed by atoms with Gasteiger partial charge in [0.25, 0.3) is 5.56 Å². The number of aromatic amines is 1. The Hall–Kier alpha value is -3.81. The van der Waals surface area contributed by atoms with Gasteiger partial charge in [-0.3, -0.25) is 19.1 Å². The minimum Gasteiger partial charge on any atom is -0.463 e. The lowest BCUT2D eigenvalue weighted by Gasteiger charge is -2.33. The first kappa shape index (κ1) is 28.8. The van der Waals surface area contributed by atoms with Gasteiger partial charge in [-0.05, 0) is 31.7 Å². The van der Waals surface area contributed by atoms with Crippen molar-refractivity contribution in [3.63, 3.8) is 0 Å². The van der Waals surface area contributed by atoms with Crippen LogP contribution in [0.5, 0.6) is 0 Å². The summed E-state index contributed by atoms with van der Waals surface area (Å²) in [7, 11) is 1.48. The topological polar surface area (TPSA) is 126 Å². The number of benzene rings is 1. The number of halogens is 3. The van der Waals surface area contributed by atoms with E-state index in [1.807, 2.05) is 18.2 Å². The number of aromatic nitrogens is 2. The molecule has 0 saturated heterocycles. The van der Waals surface area contributed by atoms with E-state index >= 15 is 0 Å². The first-order chi connectivity index (χ1) is 17.9. The number of rotatable bonds is 11. The zero-order valence-electron chi connectivity index (χ0n) is 21.2. The maximum absolute atomic E-state index is 13.0. The van der Waals surface area contributed by atoms with Gasteiger partial charge < -0.3 is 19.4 Å². The second-order valence-electron chi connectivity index (χ2n) is 8.93. The highest BCUT2D eigenvalue weighted by Gasteiger charge is 2.43. The quantitative estimate of drug-likeness (QED) is 0.249. The van der Waals surface area contributed by atoms with Crippen LogP contribution in [0.1, 0.15) is 38.7 Å². The van der Waals surface area contributed by atoms with Crippen LogP contribution in [0.25, 0.3) is 0 Å². The number of anilines is 2. The van der Waals surface area contributed by atoms with Gasteiger partial charge in [0.15, 0.2) is 0 Å². The Morgan fingerprint density at radius 3 is 2.45 bits per heavy atom. The predicted molar refractivity (Wildman–Crippen MR) is 131 cm³/mol. The van der Waals surface area contributed by atoms with E-state index < -0.39 is 35.5 Å². The lowest BCUT2D eigenvalue weighted by Crippen LogP contribution is -2.51. The standard InChI is InChI=1S/C24H30F3N5O6/c1-15(37-16(2)33)9-7-8-12-31-18(13-28-38-22(35)24(25,26)27)32(14-17-10-5-4-6-11-17)19-20(34)29-23(36)30(3)21(19)31/h4-6,10-11,15,18,28H,7-9,12-14H2,1-3H3,(H,29,34,36)/t15-,18?/m1/s1. The SMILES string of the molecule is CC(=O)O[C@H](C)CCCCN1c2c(c(=O)[nH]c(=O)n2C)N(Cc2ccccc2)C1CNOC(=O)C(F)(F)F. The Morgan fingerprint density at radius 2 is 1.82 bits per heavy atom. The maximum atomic E-state index is 13.0. The van der Waals surface area contributed by atoms with Gasteiger partial charge in [0.05, 0.1) is 12.6 Å². The summed E-state index contributed by atoms with van der Waals surface area (Å²) in [5.74, 6) is -2.51. The number of hydroxylamine groups is 1. The van der Waals surface area contributed by atoms with Crippen LogP contribution in [-0.2, 0) is 32.8 Å². The van der Waals surface area contributed by atoms with E-state index in [-0.39, 0.29) is 30.7 Å². The molecule has 1 unspecified atom stereocenters. The number of fused-ring (bicyclic) bond motifs is 1. The molecule has 3 rings (SSSR count). The monoisotopic (exact) mass is 541 g/mol. The summed E-state index contributed by atoms with van der Waals surface area (Å²) in [4.78, 5) is 57.7. The molecule has 1 aliphatic heterocycles. The highest BCUT2D eigenvalue weighted by atomic mass is 19.4. The van der Waals surface area contributed by atoms with Crippen LogP contribution >= 0.6 is 0 Å². The van der Waals surface area contributed by atoms with E-state index in [1.165, 1.54) is 18.5 Å². The van der Waals surface area contributed by atoms with Gasteiger partial charge in [0, 0.05) is 27.1 Å². The molecule has 2 heterocycles. The molecule has 2 atom stereocenters. The molecule has 38 heavy (non-hydrogen) atoms. The molecule has 1 aromatic carbocycles. The summed E-state index contributed by atoms with van der Waals surface area (Å²) >= 11 is 0. The van der Waals surface area contributed by atoms with Crippen LogP contribution in [0.15, 0.2) is 39.9 Å². The van der Waals surface area contributed by atoms with E-state index in [2.05, 4.69) is 15.3 Å². The molecule has 14 heteroatoms. The Morgan fingerprint density at radius 1 is 1.13 bits per heavy atom. The third-order valence-electron chi connectivity index (χ3n) is 6.03. The Kier molecular flexibility index (Phi) is 9.20. The maximum Gasteiger partial charge on any atom is 0.492 e. The van der Waals surface area contributed by atoms with Crippen LogP contribution in [0, 0.1) is 0 Å². The van der Waals surface area contributed by atoms with Gasteiger partial charge in [-0.15, -0.1) is 5.48 Å².